The first-order chi connectivity index (χ1) is 5.94. The molecule has 0 rings (SSSR count). The van der Waals surface area contributed by atoms with Crippen LogP contribution in [0, 0.1) is 0 Å². The lowest BCUT2D eigenvalue weighted by Gasteiger charge is -2.26. The van der Waals surface area contributed by atoms with Crippen molar-refractivity contribution in [2.75, 3.05) is 0 Å². The molecule has 0 aliphatic carbocycles. The Morgan fingerprint density at radius 1 is 1.38 bits per heavy atom. The molecule has 0 aliphatic heterocycles. The summed E-state index contributed by atoms with van der Waals surface area (Å²) >= 11 is 0. The van der Waals surface area contributed by atoms with Crippen LogP contribution in [0.2, 0.25) is 12.1 Å². The van der Waals surface area contributed by atoms with E-state index in [0.717, 1.165) is 12.1 Å². The Balaban J connectivity index is 4.35. The van der Waals surface area contributed by atoms with Crippen LogP contribution in [0.1, 0.15) is 34.6 Å². The summed E-state index contributed by atoms with van der Waals surface area (Å²) in [5.74, 6) is 0. The van der Waals surface area contributed by atoms with Crippen molar-refractivity contribution < 1.29 is 5.11 Å². The van der Waals surface area contributed by atoms with Crippen LogP contribution in [0.25, 0.3) is 0 Å². The molecule has 3 heteroatoms. The molecule has 0 aromatic carbocycles. The maximum absolute atomic E-state index is 10.1. The second-order valence-electron chi connectivity index (χ2n) is 4.11. The van der Waals surface area contributed by atoms with Crippen LogP contribution in [0.5, 0.6) is 0 Å². The van der Waals surface area contributed by atoms with Crippen molar-refractivity contribution in [2.45, 2.75) is 58.0 Å². The van der Waals surface area contributed by atoms with E-state index in [1.54, 1.807) is 6.21 Å². The molecule has 0 aliphatic rings. The number of hydrogen-bond acceptors (Lipinski definition) is 2. The van der Waals surface area contributed by atoms with E-state index >= 15 is 0 Å². The summed E-state index contributed by atoms with van der Waals surface area (Å²) in [6.07, 6.45) is 1.77. The molecule has 1 N–H and O–H groups in total. The standard InChI is InChI=1S/C10H23NOSi/c1-6-13(7-2)10(5,12)8-11-9(3)4/h8-9,12-13H,6-7H2,1-5H3. The summed E-state index contributed by atoms with van der Waals surface area (Å²) < 4.78 is 0. The smallest absolute Gasteiger partial charge is 0.0825 e. The van der Waals surface area contributed by atoms with Crippen molar-refractivity contribution >= 4 is 15.0 Å². The summed E-state index contributed by atoms with van der Waals surface area (Å²) in [5.41, 5.74) is 0. The molecule has 0 aromatic rings. The second-order valence-corrected chi connectivity index (χ2v) is 8.31. The Kier molecular flexibility index (Phi) is 5.49. The van der Waals surface area contributed by atoms with Crippen molar-refractivity contribution in [3.05, 3.63) is 0 Å². The van der Waals surface area contributed by atoms with Crippen LogP contribution >= 0.6 is 0 Å². The highest BCUT2D eigenvalue weighted by Crippen LogP contribution is 2.14. The van der Waals surface area contributed by atoms with Crippen LogP contribution in [-0.4, -0.2) is 31.4 Å². The van der Waals surface area contributed by atoms with Crippen LogP contribution in [0.4, 0.5) is 0 Å². The van der Waals surface area contributed by atoms with Crippen LogP contribution in [0.3, 0.4) is 0 Å². The molecule has 0 saturated heterocycles. The third kappa shape index (κ3) is 4.57. The molecule has 1 unspecified atom stereocenters. The van der Waals surface area contributed by atoms with Crippen molar-refractivity contribution in [1.29, 1.82) is 0 Å². The third-order valence-electron chi connectivity index (χ3n) is 2.45. The Morgan fingerprint density at radius 2 is 1.85 bits per heavy atom. The SMILES string of the molecule is CC[SiH](CC)C(C)(O)C=NC(C)C. The van der Waals surface area contributed by atoms with E-state index in [2.05, 4.69) is 18.8 Å². The van der Waals surface area contributed by atoms with E-state index in [1.807, 2.05) is 20.8 Å². The van der Waals surface area contributed by atoms with E-state index in [-0.39, 0.29) is 6.04 Å². The van der Waals surface area contributed by atoms with E-state index in [1.165, 1.54) is 0 Å². The Labute approximate surface area is 83.7 Å². The largest absolute Gasteiger partial charge is 0.389 e. The monoisotopic (exact) mass is 201 g/mol. The average molecular weight is 201 g/mol. The number of aliphatic imine (C=N–C) groups is 1. The number of hydrogen-bond donors (Lipinski definition) is 1. The van der Waals surface area contributed by atoms with Gasteiger partial charge in [0.2, 0.25) is 0 Å². The highest BCUT2D eigenvalue weighted by Gasteiger charge is 2.28. The molecule has 0 spiro atoms. The maximum Gasteiger partial charge on any atom is 0.0825 e. The quantitative estimate of drug-likeness (QED) is 0.536. The molecular weight excluding hydrogens is 178 g/mol. The Bertz CT molecular complexity index is 162. The molecule has 0 heterocycles. The first-order valence-electron chi connectivity index (χ1n) is 5.20. The fourth-order valence-corrected chi connectivity index (χ4v) is 4.05. The first-order valence-corrected chi connectivity index (χ1v) is 7.41. The van der Waals surface area contributed by atoms with Crippen molar-refractivity contribution in [1.82, 2.24) is 0 Å². The predicted octanol–water partition coefficient (Wildman–Crippen LogP) is 2.02. The van der Waals surface area contributed by atoms with Crippen molar-refractivity contribution in [3.8, 4) is 0 Å². The summed E-state index contributed by atoms with van der Waals surface area (Å²) in [5, 5.41) is 9.53. The lowest BCUT2D eigenvalue weighted by atomic mass is 10.4. The second kappa shape index (κ2) is 5.55. The van der Waals surface area contributed by atoms with Gasteiger partial charge in [0, 0.05) is 12.3 Å². The third-order valence-corrected chi connectivity index (χ3v) is 6.22. The van der Waals surface area contributed by atoms with Crippen molar-refractivity contribution in [2.24, 2.45) is 4.99 Å². The minimum Gasteiger partial charge on any atom is -0.389 e. The van der Waals surface area contributed by atoms with Crippen molar-refractivity contribution in [3.63, 3.8) is 0 Å². The van der Waals surface area contributed by atoms with Gasteiger partial charge >= 0.3 is 0 Å². The molecule has 0 radical (unpaired) electrons. The zero-order valence-corrected chi connectivity index (χ0v) is 10.7. The number of nitrogens with zero attached hydrogens (tertiary/aromatic N) is 1. The minimum atomic E-state index is -1.05. The van der Waals surface area contributed by atoms with Gasteiger partial charge < -0.3 is 5.11 Å². The summed E-state index contributed by atoms with van der Waals surface area (Å²) in [6, 6.07) is 2.55. The molecule has 2 nitrogen and oxygen atoms in total. The zero-order chi connectivity index (χ0) is 10.5. The van der Waals surface area contributed by atoms with E-state index in [9.17, 15) is 5.11 Å². The molecule has 1 atom stereocenters. The summed E-state index contributed by atoms with van der Waals surface area (Å²) in [6.45, 7) is 10.3. The molecule has 0 amide bonds. The Morgan fingerprint density at radius 3 is 2.15 bits per heavy atom. The lowest BCUT2D eigenvalue weighted by molar-refractivity contribution is 0.214. The number of aliphatic hydroxyl groups is 1. The molecule has 0 saturated carbocycles. The van der Waals surface area contributed by atoms with Gasteiger partial charge in [0.15, 0.2) is 0 Å². The molecule has 0 fully saturated rings. The Hall–Kier alpha value is -0.153. The number of rotatable bonds is 5. The van der Waals surface area contributed by atoms with Gasteiger partial charge in [0.25, 0.3) is 0 Å². The van der Waals surface area contributed by atoms with Gasteiger partial charge in [-0.05, 0) is 20.8 Å². The van der Waals surface area contributed by atoms with Gasteiger partial charge in [-0.25, -0.2) is 0 Å². The van der Waals surface area contributed by atoms with Gasteiger partial charge in [0.1, 0.15) is 0 Å². The van der Waals surface area contributed by atoms with Crippen LogP contribution < -0.4 is 0 Å². The maximum atomic E-state index is 10.1. The topological polar surface area (TPSA) is 32.6 Å². The fourth-order valence-electron chi connectivity index (χ4n) is 1.52. The molecule has 0 bridgehead atoms. The normalized spacial score (nSPS) is 17.2. The van der Waals surface area contributed by atoms with E-state index in [0.29, 0.717) is 0 Å². The first kappa shape index (κ1) is 12.8. The highest BCUT2D eigenvalue weighted by molar-refractivity contribution is 6.65. The summed E-state index contributed by atoms with van der Waals surface area (Å²) in [7, 11) is -1.05. The molecular formula is C10H23NOSi. The van der Waals surface area contributed by atoms with Gasteiger partial charge in [-0.3, -0.25) is 4.99 Å². The van der Waals surface area contributed by atoms with Crippen LogP contribution in [-0.2, 0) is 0 Å². The molecule has 0 aromatic heterocycles. The molecule has 78 valence electrons. The van der Waals surface area contributed by atoms with Gasteiger partial charge in [-0.2, -0.15) is 0 Å². The predicted molar refractivity (Wildman–Crippen MR) is 62.4 cm³/mol. The molecule has 13 heavy (non-hydrogen) atoms. The van der Waals surface area contributed by atoms with Gasteiger partial charge in [0.05, 0.1) is 14.0 Å². The van der Waals surface area contributed by atoms with Crippen LogP contribution in [0.15, 0.2) is 4.99 Å². The van der Waals surface area contributed by atoms with E-state index in [4.69, 9.17) is 0 Å². The van der Waals surface area contributed by atoms with E-state index < -0.39 is 14.0 Å². The fraction of sp³-hybridized carbons (Fsp3) is 0.900. The lowest BCUT2D eigenvalue weighted by Crippen LogP contribution is -2.44. The van der Waals surface area contributed by atoms with Gasteiger partial charge in [-0.1, -0.05) is 25.9 Å². The summed E-state index contributed by atoms with van der Waals surface area (Å²) in [4.78, 5) is 4.27. The average Bonchev–Trinajstić information content (AvgIpc) is 2.03. The minimum absolute atomic E-state index is 0.287. The highest BCUT2D eigenvalue weighted by atomic mass is 28.3. The zero-order valence-electron chi connectivity index (χ0n) is 9.54. The van der Waals surface area contributed by atoms with Gasteiger partial charge in [-0.15, -0.1) is 0 Å².